The van der Waals surface area contributed by atoms with E-state index in [-0.39, 0.29) is 18.5 Å². The van der Waals surface area contributed by atoms with Crippen LogP contribution >= 0.6 is 0 Å². The summed E-state index contributed by atoms with van der Waals surface area (Å²) in [4.78, 5) is 23.8. The number of hydrogen-bond donors (Lipinski definition) is 3. The van der Waals surface area contributed by atoms with E-state index in [1.807, 2.05) is 31.2 Å². The fourth-order valence-corrected chi connectivity index (χ4v) is 2.55. The van der Waals surface area contributed by atoms with Crippen molar-refractivity contribution in [1.82, 2.24) is 10.6 Å². The monoisotopic (exact) mass is 333 g/mol. The Balaban J connectivity index is 2.32. The van der Waals surface area contributed by atoms with Crippen LogP contribution in [0.5, 0.6) is 0 Å². The molecule has 0 spiro atoms. The number of benzene rings is 1. The van der Waals surface area contributed by atoms with Crippen molar-refractivity contribution < 1.29 is 9.59 Å². The number of carbonyl (C=O) groups excluding carboxylic acids is 2. The van der Waals surface area contributed by atoms with Gasteiger partial charge in [-0.2, -0.15) is 0 Å². The molecule has 134 valence electrons. The lowest BCUT2D eigenvalue weighted by atomic mass is 9.99. The molecule has 0 saturated heterocycles. The third kappa shape index (κ3) is 7.49. The predicted molar refractivity (Wildman–Crippen MR) is 99.2 cm³/mol. The molecule has 24 heavy (non-hydrogen) atoms. The second-order valence-corrected chi connectivity index (χ2v) is 6.04. The maximum atomic E-state index is 12.0. The Kier molecular flexibility index (Phi) is 9.58. The van der Waals surface area contributed by atoms with Crippen molar-refractivity contribution in [3.8, 4) is 0 Å². The van der Waals surface area contributed by atoms with Crippen LogP contribution in [-0.2, 0) is 11.2 Å². The smallest absolute Gasteiger partial charge is 0.315 e. The van der Waals surface area contributed by atoms with Gasteiger partial charge in [0.1, 0.15) is 0 Å². The molecule has 0 fully saturated rings. The van der Waals surface area contributed by atoms with Gasteiger partial charge in [-0.05, 0) is 30.4 Å². The largest absolute Gasteiger partial charge is 0.338 e. The van der Waals surface area contributed by atoms with E-state index in [4.69, 9.17) is 0 Å². The molecular weight excluding hydrogens is 302 g/mol. The summed E-state index contributed by atoms with van der Waals surface area (Å²) in [6.45, 7) is 6.97. The molecule has 1 unspecified atom stereocenters. The van der Waals surface area contributed by atoms with E-state index >= 15 is 0 Å². The van der Waals surface area contributed by atoms with Gasteiger partial charge in [-0.1, -0.05) is 58.2 Å². The fourth-order valence-electron chi connectivity index (χ4n) is 2.55. The summed E-state index contributed by atoms with van der Waals surface area (Å²) >= 11 is 0. The molecule has 0 heterocycles. The highest BCUT2D eigenvalue weighted by atomic mass is 16.2. The van der Waals surface area contributed by atoms with Crippen LogP contribution in [0.15, 0.2) is 24.3 Å². The molecule has 1 atom stereocenters. The van der Waals surface area contributed by atoms with Gasteiger partial charge in [-0.3, -0.25) is 4.79 Å². The first-order chi connectivity index (χ1) is 11.6. The lowest BCUT2D eigenvalue weighted by molar-refractivity contribution is -0.115. The normalized spacial score (nSPS) is 11.6. The Hall–Kier alpha value is -2.04. The van der Waals surface area contributed by atoms with Crippen molar-refractivity contribution in [2.24, 2.45) is 5.92 Å². The second kappa shape index (κ2) is 11.5. The van der Waals surface area contributed by atoms with Crippen LogP contribution in [0.1, 0.15) is 52.0 Å². The highest BCUT2D eigenvalue weighted by molar-refractivity contribution is 5.94. The van der Waals surface area contributed by atoms with E-state index in [0.717, 1.165) is 30.5 Å². The minimum Gasteiger partial charge on any atom is -0.338 e. The van der Waals surface area contributed by atoms with Gasteiger partial charge in [0.15, 0.2) is 0 Å². The maximum Gasteiger partial charge on any atom is 0.315 e. The number of urea groups is 1. The summed E-state index contributed by atoms with van der Waals surface area (Å²) in [6, 6.07) is 7.40. The van der Waals surface area contributed by atoms with E-state index in [2.05, 4.69) is 29.8 Å². The first-order valence-corrected chi connectivity index (χ1v) is 9.00. The van der Waals surface area contributed by atoms with Gasteiger partial charge in [-0.15, -0.1) is 0 Å². The molecule has 0 saturated carbocycles. The van der Waals surface area contributed by atoms with Crippen LogP contribution in [0.25, 0.3) is 0 Å². The van der Waals surface area contributed by atoms with Crippen LogP contribution in [0, 0.1) is 5.92 Å². The minimum atomic E-state index is -0.288. The fraction of sp³-hybridized carbons (Fsp3) is 0.579. The van der Waals surface area contributed by atoms with E-state index in [1.54, 1.807) is 0 Å². The van der Waals surface area contributed by atoms with E-state index in [1.165, 1.54) is 12.8 Å². The summed E-state index contributed by atoms with van der Waals surface area (Å²) in [6.07, 6.45) is 5.37. The number of carbonyl (C=O) groups is 2. The Morgan fingerprint density at radius 1 is 1.08 bits per heavy atom. The summed E-state index contributed by atoms with van der Waals surface area (Å²) < 4.78 is 0. The molecule has 1 rings (SSSR count). The maximum absolute atomic E-state index is 12.0. The summed E-state index contributed by atoms with van der Waals surface area (Å²) in [5, 5.41) is 8.31. The van der Waals surface area contributed by atoms with Gasteiger partial charge in [0.2, 0.25) is 5.91 Å². The third-order valence-electron chi connectivity index (χ3n) is 4.18. The molecule has 5 heteroatoms. The van der Waals surface area contributed by atoms with Gasteiger partial charge < -0.3 is 16.0 Å². The number of para-hydroxylation sites is 1. The number of aryl methyl sites for hydroxylation is 1. The summed E-state index contributed by atoms with van der Waals surface area (Å²) in [7, 11) is 0. The number of hydrogen-bond acceptors (Lipinski definition) is 2. The highest BCUT2D eigenvalue weighted by Crippen LogP contribution is 2.15. The molecule has 0 aliphatic rings. The van der Waals surface area contributed by atoms with Crippen molar-refractivity contribution in [1.29, 1.82) is 0 Å². The van der Waals surface area contributed by atoms with Gasteiger partial charge in [0, 0.05) is 12.2 Å². The SMILES string of the molecule is CCCCC(CC)CNC(=O)NCC(=O)Nc1ccccc1CC. The Morgan fingerprint density at radius 3 is 2.50 bits per heavy atom. The molecule has 3 N–H and O–H groups in total. The number of rotatable bonds is 10. The first-order valence-electron chi connectivity index (χ1n) is 9.00. The molecule has 1 aromatic carbocycles. The summed E-state index contributed by atoms with van der Waals surface area (Å²) in [5.41, 5.74) is 1.88. The van der Waals surface area contributed by atoms with Crippen molar-refractivity contribution in [2.75, 3.05) is 18.4 Å². The van der Waals surface area contributed by atoms with Crippen LogP contribution in [-0.4, -0.2) is 25.0 Å². The molecule has 0 aromatic heterocycles. The van der Waals surface area contributed by atoms with Crippen molar-refractivity contribution in [3.63, 3.8) is 0 Å². The van der Waals surface area contributed by atoms with Crippen molar-refractivity contribution in [3.05, 3.63) is 29.8 Å². The topological polar surface area (TPSA) is 70.2 Å². The van der Waals surface area contributed by atoms with Gasteiger partial charge in [0.25, 0.3) is 0 Å². The zero-order valence-electron chi connectivity index (χ0n) is 15.2. The minimum absolute atomic E-state index is 0.0321. The second-order valence-electron chi connectivity index (χ2n) is 6.04. The Morgan fingerprint density at radius 2 is 1.83 bits per heavy atom. The van der Waals surface area contributed by atoms with Gasteiger partial charge in [-0.25, -0.2) is 4.79 Å². The zero-order chi connectivity index (χ0) is 17.8. The predicted octanol–water partition coefficient (Wildman–Crippen LogP) is 3.70. The third-order valence-corrected chi connectivity index (χ3v) is 4.18. The number of amides is 3. The average molecular weight is 333 g/mol. The van der Waals surface area contributed by atoms with Crippen LogP contribution in [0.3, 0.4) is 0 Å². The molecule has 0 aliphatic carbocycles. The van der Waals surface area contributed by atoms with Crippen LogP contribution in [0.4, 0.5) is 10.5 Å². The first kappa shape index (κ1) is 20.0. The number of anilines is 1. The van der Waals surface area contributed by atoms with Crippen LogP contribution < -0.4 is 16.0 Å². The molecule has 0 aliphatic heterocycles. The quantitative estimate of drug-likeness (QED) is 0.611. The number of nitrogens with one attached hydrogen (secondary N) is 3. The van der Waals surface area contributed by atoms with Gasteiger partial charge >= 0.3 is 6.03 Å². The molecular formula is C19H31N3O2. The molecule has 5 nitrogen and oxygen atoms in total. The van der Waals surface area contributed by atoms with E-state index in [0.29, 0.717) is 12.5 Å². The average Bonchev–Trinajstić information content (AvgIpc) is 2.60. The summed E-state index contributed by atoms with van der Waals surface area (Å²) in [5.74, 6) is 0.282. The molecule has 3 amide bonds. The lowest BCUT2D eigenvalue weighted by Crippen LogP contribution is -2.41. The van der Waals surface area contributed by atoms with E-state index in [9.17, 15) is 9.59 Å². The zero-order valence-corrected chi connectivity index (χ0v) is 15.2. The lowest BCUT2D eigenvalue weighted by Gasteiger charge is -2.15. The highest BCUT2D eigenvalue weighted by Gasteiger charge is 2.10. The number of unbranched alkanes of at least 4 members (excludes halogenated alkanes) is 1. The molecule has 0 radical (unpaired) electrons. The molecule has 1 aromatic rings. The Bertz CT molecular complexity index is 517. The standard InChI is InChI=1S/C19H31N3O2/c1-4-7-10-15(5-2)13-20-19(24)21-14-18(23)22-17-12-9-8-11-16(17)6-3/h8-9,11-12,15H,4-7,10,13-14H2,1-3H3,(H,22,23)(H2,20,21,24). The van der Waals surface area contributed by atoms with Gasteiger partial charge in [0.05, 0.1) is 6.54 Å². The van der Waals surface area contributed by atoms with Crippen molar-refractivity contribution in [2.45, 2.75) is 52.9 Å². The van der Waals surface area contributed by atoms with Crippen LogP contribution in [0.2, 0.25) is 0 Å². The molecule has 0 bridgehead atoms. The Labute approximate surface area is 145 Å². The van der Waals surface area contributed by atoms with E-state index < -0.39 is 0 Å². The van der Waals surface area contributed by atoms with Crippen molar-refractivity contribution >= 4 is 17.6 Å².